The van der Waals surface area contributed by atoms with Crippen molar-refractivity contribution in [3.8, 4) is 0 Å². The lowest BCUT2D eigenvalue weighted by Gasteiger charge is -2.40. The fraction of sp³-hybridized carbons (Fsp3) is 0.450. The molecule has 7 heteroatoms. The molecule has 2 saturated heterocycles. The Hall–Kier alpha value is -2.41. The van der Waals surface area contributed by atoms with Gasteiger partial charge in [0, 0.05) is 49.6 Å². The van der Waals surface area contributed by atoms with E-state index in [1.165, 1.54) is 12.4 Å². The minimum atomic E-state index is -0.805. The number of carbonyl (C=O) groups excluding carboxylic acids is 1. The summed E-state index contributed by atoms with van der Waals surface area (Å²) in [5, 5.41) is 0. The van der Waals surface area contributed by atoms with Crippen LogP contribution >= 0.6 is 0 Å². The van der Waals surface area contributed by atoms with E-state index in [0.29, 0.717) is 30.9 Å². The highest BCUT2D eigenvalue weighted by molar-refractivity contribution is 5.92. The second kappa shape index (κ2) is 7.31. The molecule has 5 nitrogen and oxygen atoms in total. The molecule has 2 aromatic rings. The monoisotopic (exact) mass is 372 g/mol. The number of likely N-dealkylation sites (tertiary alicyclic amines) is 2. The molecule has 2 aliphatic rings. The van der Waals surface area contributed by atoms with Gasteiger partial charge >= 0.3 is 0 Å². The lowest BCUT2D eigenvalue weighted by atomic mass is 9.79. The van der Waals surface area contributed by atoms with Gasteiger partial charge in [0.15, 0.2) is 11.6 Å². The summed E-state index contributed by atoms with van der Waals surface area (Å²) in [6.45, 7) is 3.40. The average molecular weight is 372 g/mol. The van der Waals surface area contributed by atoms with E-state index in [1.54, 1.807) is 18.3 Å². The Bertz CT molecular complexity index is 832. The van der Waals surface area contributed by atoms with Crippen molar-refractivity contribution in [2.24, 2.45) is 5.41 Å². The van der Waals surface area contributed by atoms with E-state index in [-0.39, 0.29) is 11.3 Å². The molecule has 0 saturated carbocycles. The lowest BCUT2D eigenvalue weighted by Crippen LogP contribution is -2.45. The third-order valence-corrected chi connectivity index (χ3v) is 5.67. The van der Waals surface area contributed by atoms with E-state index in [0.717, 1.165) is 38.4 Å². The van der Waals surface area contributed by atoms with Crippen LogP contribution < -0.4 is 0 Å². The van der Waals surface area contributed by atoms with E-state index in [2.05, 4.69) is 14.9 Å². The van der Waals surface area contributed by atoms with Crippen LogP contribution in [0.4, 0.5) is 8.78 Å². The molecule has 0 aliphatic carbocycles. The Labute approximate surface area is 157 Å². The molecule has 0 bridgehead atoms. The molecule has 27 heavy (non-hydrogen) atoms. The van der Waals surface area contributed by atoms with Crippen molar-refractivity contribution < 1.29 is 13.6 Å². The van der Waals surface area contributed by atoms with E-state index in [1.807, 2.05) is 4.90 Å². The first-order valence-corrected chi connectivity index (χ1v) is 9.27. The largest absolute Gasteiger partial charge is 0.337 e. The van der Waals surface area contributed by atoms with Crippen LogP contribution in [-0.2, 0) is 6.54 Å². The second-order valence-corrected chi connectivity index (χ2v) is 7.59. The zero-order valence-electron chi connectivity index (χ0n) is 15.1. The minimum absolute atomic E-state index is 0.0138. The van der Waals surface area contributed by atoms with Gasteiger partial charge in [-0.3, -0.25) is 14.7 Å². The lowest BCUT2D eigenvalue weighted by molar-refractivity contribution is 0.0668. The predicted molar refractivity (Wildman–Crippen MR) is 95.9 cm³/mol. The molecule has 0 unspecified atom stereocenters. The SMILES string of the molecule is O=C(c1cnccn1)N1CC[C@]2(CCCN(Cc3cccc(F)c3F)C2)C1. The first-order valence-electron chi connectivity index (χ1n) is 9.27. The Morgan fingerprint density at radius 1 is 1.15 bits per heavy atom. The summed E-state index contributed by atoms with van der Waals surface area (Å²) in [7, 11) is 0. The third-order valence-electron chi connectivity index (χ3n) is 5.67. The summed E-state index contributed by atoms with van der Waals surface area (Å²) < 4.78 is 27.5. The molecule has 2 aliphatic heterocycles. The summed E-state index contributed by atoms with van der Waals surface area (Å²) in [4.78, 5) is 24.7. The number of benzene rings is 1. The number of carbonyl (C=O) groups is 1. The van der Waals surface area contributed by atoms with E-state index in [9.17, 15) is 13.6 Å². The molecule has 1 spiro atoms. The number of halogens is 2. The Morgan fingerprint density at radius 2 is 2.04 bits per heavy atom. The third kappa shape index (κ3) is 3.69. The zero-order chi connectivity index (χ0) is 18.9. The van der Waals surface area contributed by atoms with Gasteiger partial charge in [0.2, 0.25) is 0 Å². The summed E-state index contributed by atoms with van der Waals surface area (Å²) in [5.74, 6) is -1.66. The predicted octanol–water partition coefficient (Wildman–Crippen LogP) is 2.88. The summed E-state index contributed by atoms with van der Waals surface area (Å²) in [5.41, 5.74) is 0.765. The van der Waals surface area contributed by atoms with Crippen LogP contribution in [0, 0.1) is 17.0 Å². The normalized spacial score (nSPS) is 23.1. The quantitative estimate of drug-likeness (QED) is 0.831. The summed E-state index contributed by atoms with van der Waals surface area (Å²) in [6.07, 6.45) is 7.51. The fourth-order valence-corrected chi connectivity index (χ4v) is 4.37. The highest BCUT2D eigenvalue weighted by atomic mass is 19.2. The second-order valence-electron chi connectivity index (χ2n) is 7.59. The molecule has 2 fully saturated rings. The molecule has 1 atom stereocenters. The average Bonchev–Trinajstić information content (AvgIpc) is 3.09. The van der Waals surface area contributed by atoms with Gasteiger partial charge < -0.3 is 4.90 Å². The molecule has 0 N–H and O–H groups in total. The Morgan fingerprint density at radius 3 is 2.85 bits per heavy atom. The molecule has 142 valence electrons. The van der Waals surface area contributed by atoms with Crippen LogP contribution in [0.25, 0.3) is 0 Å². The number of hydrogen-bond donors (Lipinski definition) is 0. The van der Waals surface area contributed by atoms with Crippen molar-refractivity contribution in [3.63, 3.8) is 0 Å². The van der Waals surface area contributed by atoms with Crippen molar-refractivity contribution in [1.29, 1.82) is 0 Å². The van der Waals surface area contributed by atoms with Crippen molar-refractivity contribution >= 4 is 5.91 Å². The van der Waals surface area contributed by atoms with Gasteiger partial charge in [-0.25, -0.2) is 13.8 Å². The number of rotatable bonds is 3. The van der Waals surface area contributed by atoms with Crippen LogP contribution in [0.5, 0.6) is 0 Å². The number of aromatic nitrogens is 2. The van der Waals surface area contributed by atoms with Crippen molar-refractivity contribution in [2.75, 3.05) is 26.2 Å². The van der Waals surface area contributed by atoms with Gasteiger partial charge in [0.05, 0.1) is 6.20 Å². The first-order chi connectivity index (χ1) is 13.1. The maximum atomic E-state index is 14.0. The van der Waals surface area contributed by atoms with Crippen molar-refractivity contribution in [1.82, 2.24) is 19.8 Å². The van der Waals surface area contributed by atoms with Crippen LogP contribution in [-0.4, -0.2) is 51.9 Å². The molecular formula is C20H22F2N4O. The number of amides is 1. The number of nitrogens with zero attached hydrogens (tertiary/aromatic N) is 4. The molecule has 1 aromatic heterocycles. The molecule has 1 amide bonds. The van der Waals surface area contributed by atoms with Gasteiger partial charge in [0.1, 0.15) is 5.69 Å². The molecule has 4 rings (SSSR count). The van der Waals surface area contributed by atoms with Crippen molar-refractivity contribution in [2.45, 2.75) is 25.8 Å². The molecule has 1 aromatic carbocycles. The first kappa shape index (κ1) is 18.0. The summed E-state index contributed by atoms with van der Waals surface area (Å²) >= 11 is 0. The van der Waals surface area contributed by atoms with Gasteiger partial charge in [-0.2, -0.15) is 0 Å². The highest BCUT2D eigenvalue weighted by Gasteiger charge is 2.43. The maximum absolute atomic E-state index is 14.0. The highest BCUT2D eigenvalue weighted by Crippen LogP contribution is 2.39. The van der Waals surface area contributed by atoms with Gasteiger partial charge in [-0.15, -0.1) is 0 Å². The summed E-state index contributed by atoms with van der Waals surface area (Å²) in [6, 6.07) is 4.33. The van der Waals surface area contributed by atoms with Crippen LogP contribution in [0.2, 0.25) is 0 Å². The fourth-order valence-electron chi connectivity index (χ4n) is 4.37. The smallest absolute Gasteiger partial charge is 0.274 e. The topological polar surface area (TPSA) is 49.3 Å². The van der Waals surface area contributed by atoms with Gasteiger partial charge in [-0.05, 0) is 31.9 Å². The Kier molecular flexibility index (Phi) is 4.86. The van der Waals surface area contributed by atoms with Crippen molar-refractivity contribution in [3.05, 3.63) is 59.7 Å². The minimum Gasteiger partial charge on any atom is -0.337 e. The molecular weight excluding hydrogens is 350 g/mol. The standard InChI is InChI=1S/C20H22F2N4O/c21-16-4-1-3-15(18(16)22)12-25-9-2-5-20(13-25)6-10-26(14-20)19(27)17-11-23-7-8-24-17/h1,3-4,7-8,11H,2,5-6,9-10,12-14H2/t20-/m0/s1. The Balaban J connectivity index is 1.43. The zero-order valence-corrected chi connectivity index (χ0v) is 15.1. The van der Waals surface area contributed by atoms with Gasteiger partial charge in [0.25, 0.3) is 5.91 Å². The van der Waals surface area contributed by atoms with Crippen LogP contribution in [0.3, 0.4) is 0 Å². The van der Waals surface area contributed by atoms with Gasteiger partial charge in [-0.1, -0.05) is 12.1 Å². The number of hydrogen-bond acceptors (Lipinski definition) is 4. The van der Waals surface area contributed by atoms with E-state index in [4.69, 9.17) is 0 Å². The molecule has 3 heterocycles. The molecule has 0 radical (unpaired) electrons. The van der Waals surface area contributed by atoms with E-state index >= 15 is 0 Å². The van der Waals surface area contributed by atoms with E-state index < -0.39 is 11.6 Å². The van der Waals surface area contributed by atoms with Crippen LogP contribution in [0.1, 0.15) is 35.3 Å². The number of piperidine rings is 1. The maximum Gasteiger partial charge on any atom is 0.274 e. The van der Waals surface area contributed by atoms with Crippen LogP contribution in [0.15, 0.2) is 36.8 Å².